The van der Waals surface area contributed by atoms with Crippen LogP contribution in [0, 0.1) is 5.41 Å². The molecule has 1 amide bonds. The fraction of sp³-hybridized carbons (Fsp3) is 0.562. The molecule has 1 fully saturated rings. The summed E-state index contributed by atoms with van der Waals surface area (Å²) in [4.78, 5) is 11.5. The van der Waals surface area contributed by atoms with Crippen molar-refractivity contribution in [2.75, 3.05) is 25.0 Å². The van der Waals surface area contributed by atoms with Crippen LogP contribution in [0.4, 0.5) is 5.69 Å². The van der Waals surface area contributed by atoms with Crippen LogP contribution in [0.1, 0.15) is 33.1 Å². The molecule has 0 spiro atoms. The number of sulfonamides is 1. The molecule has 0 saturated carbocycles. The predicted octanol–water partition coefficient (Wildman–Crippen LogP) is 2.12. The largest absolute Gasteiger partial charge is 0.326 e. The third-order valence-electron chi connectivity index (χ3n) is 4.27. The number of rotatable bonds is 6. The highest BCUT2D eigenvalue weighted by Crippen LogP contribution is 2.27. The number of carbonyl (C=O) groups is 1. The molecule has 0 aliphatic carbocycles. The van der Waals surface area contributed by atoms with E-state index in [1.165, 1.54) is 12.1 Å². The Bertz CT molecular complexity index is 641. The molecule has 1 saturated heterocycles. The molecule has 24 heavy (non-hydrogen) atoms. The summed E-state index contributed by atoms with van der Waals surface area (Å²) in [5, 5.41) is 5.98. The van der Waals surface area contributed by atoms with Gasteiger partial charge in [0.15, 0.2) is 0 Å². The second kappa shape index (κ2) is 8.80. The van der Waals surface area contributed by atoms with Crippen molar-refractivity contribution in [1.29, 1.82) is 0 Å². The zero-order chi connectivity index (χ0) is 16.9. The summed E-state index contributed by atoms with van der Waals surface area (Å²) in [5.41, 5.74) is 0.592. The van der Waals surface area contributed by atoms with Crippen LogP contribution in [0.5, 0.6) is 0 Å². The molecule has 2 rings (SSSR count). The second-order valence-corrected chi connectivity index (χ2v) is 8.08. The van der Waals surface area contributed by atoms with Gasteiger partial charge in [-0.05, 0) is 55.6 Å². The van der Waals surface area contributed by atoms with Gasteiger partial charge in [-0.15, -0.1) is 12.4 Å². The van der Waals surface area contributed by atoms with Gasteiger partial charge in [0, 0.05) is 18.7 Å². The maximum absolute atomic E-state index is 12.4. The Kier molecular flexibility index (Phi) is 7.66. The summed E-state index contributed by atoms with van der Waals surface area (Å²) >= 11 is 0. The summed E-state index contributed by atoms with van der Waals surface area (Å²) < 4.78 is 27.5. The van der Waals surface area contributed by atoms with Crippen LogP contribution in [0.2, 0.25) is 0 Å². The van der Waals surface area contributed by atoms with Crippen molar-refractivity contribution < 1.29 is 13.2 Å². The Morgan fingerprint density at radius 2 is 1.79 bits per heavy atom. The van der Waals surface area contributed by atoms with Crippen molar-refractivity contribution in [2.24, 2.45) is 5.41 Å². The van der Waals surface area contributed by atoms with Gasteiger partial charge in [-0.25, -0.2) is 13.1 Å². The molecule has 8 heteroatoms. The van der Waals surface area contributed by atoms with E-state index in [1.54, 1.807) is 19.1 Å². The van der Waals surface area contributed by atoms with E-state index in [4.69, 9.17) is 0 Å². The van der Waals surface area contributed by atoms with Gasteiger partial charge in [-0.1, -0.05) is 13.8 Å². The van der Waals surface area contributed by atoms with E-state index in [-0.39, 0.29) is 28.6 Å². The van der Waals surface area contributed by atoms with Crippen molar-refractivity contribution >= 4 is 34.0 Å². The van der Waals surface area contributed by atoms with Gasteiger partial charge in [0.05, 0.1) is 4.90 Å². The molecule has 3 N–H and O–H groups in total. The molecule has 136 valence electrons. The fourth-order valence-corrected chi connectivity index (χ4v) is 3.73. The Morgan fingerprint density at radius 1 is 1.21 bits per heavy atom. The predicted molar refractivity (Wildman–Crippen MR) is 98.0 cm³/mol. The lowest BCUT2D eigenvalue weighted by Crippen LogP contribution is -2.42. The average molecular weight is 376 g/mol. The fourth-order valence-electron chi connectivity index (χ4n) is 2.53. The Morgan fingerprint density at radius 3 is 2.33 bits per heavy atom. The van der Waals surface area contributed by atoms with Crippen LogP contribution in [0.3, 0.4) is 0 Å². The summed E-state index contributed by atoms with van der Waals surface area (Å²) in [6, 6.07) is 6.24. The minimum absolute atomic E-state index is 0. The Balaban J connectivity index is 0.00000288. The van der Waals surface area contributed by atoms with Crippen molar-refractivity contribution in [3.8, 4) is 0 Å². The SMILES string of the molecule is CCC(=O)Nc1ccc(S(=O)(=O)NCC2(C)CCNCC2)cc1.Cl. The standard InChI is InChI=1S/C16H25N3O3S.ClH/c1-3-15(20)19-13-4-6-14(7-5-13)23(21,22)18-12-16(2)8-10-17-11-9-16;/h4-7,17-18H,3,8-12H2,1-2H3,(H,19,20);1H. The van der Waals surface area contributed by atoms with Gasteiger partial charge in [0.1, 0.15) is 0 Å². The van der Waals surface area contributed by atoms with E-state index in [9.17, 15) is 13.2 Å². The number of hydrogen-bond acceptors (Lipinski definition) is 4. The number of piperidine rings is 1. The monoisotopic (exact) mass is 375 g/mol. The maximum Gasteiger partial charge on any atom is 0.240 e. The van der Waals surface area contributed by atoms with Gasteiger partial charge >= 0.3 is 0 Å². The molecular formula is C16H26ClN3O3S. The van der Waals surface area contributed by atoms with Crippen LogP contribution in [0.15, 0.2) is 29.2 Å². The van der Waals surface area contributed by atoms with E-state index in [1.807, 2.05) is 0 Å². The number of benzene rings is 1. The average Bonchev–Trinajstić information content (AvgIpc) is 2.54. The van der Waals surface area contributed by atoms with E-state index < -0.39 is 10.0 Å². The van der Waals surface area contributed by atoms with Crippen LogP contribution < -0.4 is 15.4 Å². The molecule has 1 aliphatic rings. The normalized spacial score (nSPS) is 16.9. The summed E-state index contributed by atoms with van der Waals surface area (Å²) in [5.74, 6) is -0.0995. The quantitative estimate of drug-likeness (QED) is 0.710. The van der Waals surface area contributed by atoms with E-state index in [0.29, 0.717) is 18.7 Å². The zero-order valence-electron chi connectivity index (χ0n) is 14.1. The maximum atomic E-state index is 12.4. The van der Waals surface area contributed by atoms with Crippen molar-refractivity contribution in [3.63, 3.8) is 0 Å². The minimum atomic E-state index is -3.53. The number of anilines is 1. The van der Waals surface area contributed by atoms with Crippen LogP contribution >= 0.6 is 12.4 Å². The van der Waals surface area contributed by atoms with Gasteiger partial charge in [0.25, 0.3) is 0 Å². The number of carbonyl (C=O) groups excluding carboxylic acids is 1. The van der Waals surface area contributed by atoms with Crippen LogP contribution in [-0.2, 0) is 14.8 Å². The first-order chi connectivity index (χ1) is 10.8. The molecule has 1 aliphatic heterocycles. The molecule has 0 atom stereocenters. The summed E-state index contributed by atoms with van der Waals surface area (Å²) in [7, 11) is -3.53. The first-order valence-electron chi connectivity index (χ1n) is 7.95. The third kappa shape index (κ3) is 5.73. The first-order valence-corrected chi connectivity index (χ1v) is 9.43. The number of halogens is 1. The highest BCUT2D eigenvalue weighted by atomic mass is 35.5. The molecule has 6 nitrogen and oxygen atoms in total. The molecule has 0 bridgehead atoms. The molecule has 1 aromatic rings. The van der Waals surface area contributed by atoms with Gasteiger partial charge in [0.2, 0.25) is 15.9 Å². The van der Waals surface area contributed by atoms with Crippen molar-refractivity contribution in [2.45, 2.75) is 38.0 Å². The van der Waals surface area contributed by atoms with E-state index in [2.05, 4.69) is 22.3 Å². The number of hydrogen-bond donors (Lipinski definition) is 3. The first kappa shape index (κ1) is 20.9. The summed E-state index contributed by atoms with van der Waals surface area (Å²) in [6.07, 6.45) is 2.30. The van der Waals surface area contributed by atoms with Crippen LogP contribution in [0.25, 0.3) is 0 Å². The minimum Gasteiger partial charge on any atom is -0.326 e. The van der Waals surface area contributed by atoms with Crippen molar-refractivity contribution in [1.82, 2.24) is 10.0 Å². The molecule has 0 radical (unpaired) electrons. The smallest absolute Gasteiger partial charge is 0.240 e. The number of amides is 1. The van der Waals surface area contributed by atoms with Crippen LogP contribution in [-0.4, -0.2) is 34.0 Å². The van der Waals surface area contributed by atoms with Gasteiger partial charge < -0.3 is 10.6 Å². The highest BCUT2D eigenvalue weighted by Gasteiger charge is 2.28. The molecular weight excluding hydrogens is 350 g/mol. The number of nitrogens with one attached hydrogen (secondary N) is 3. The summed E-state index contributed by atoms with van der Waals surface area (Å²) in [6.45, 7) is 6.15. The molecule has 0 aromatic heterocycles. The zero-order valence-corrected chi connectivity index (χ0v) is 15.7. The third-order valence-corrected chi connectivity index (χ3v) is 5.69. The Labute approximate surface area is 150 Å². The highest BCUT2D eigenvalue weighted by molar-refractivity contribution is 7.89. The molecule has 1 aromatic carbocycles. The van der Waals surface area contributed by atoms with E-state index >= 15 is 0 Å². The topological polar surface area (TPSA) is 87.3 Å². The lowest BCUT2D eigenvalue weighted by atomic mass is 9.81. The lowest BCUT2D eigenvalue weighted by Gasteiger charge is -2.34. The van der Waals surface area contributed by atoms with Crippen molar-refractivity contribution in [3.05, 3.63) is 24.3 Å². The second-order valence-electron chi connectivity index (χ2n) is 6.31. The van der Waals surface area contributed by atoms with E-state index in [0.717, 1.165) is 25.9 Å². The lowest BCUT2D eigenvalue weighted by molar-refractivity contribution is -0.115. The Hall–Kier alpha value is -1.15. The van der Waals surface area contributed by atoms with Gasteiger partial charge in [-0.2, -0.15) is 0 Å². The molecule has 0 unspecified atom stereocenters. The van der Waals surface area contributed by atoms with Gasteiger partial charge in [-0.3, -0.25) is 4.79 Å². The molecule has 1 heterocycles.